The molecule has 0 radical (unpaired) electrons. The summed E-state index contributed by atoms with van der Waals surface area (Å²) in [7, 11) is 0. The van der Waals surface area contributed by atoms with Crippen molar-refractivity contribution in [2.24, 2.45) is 0 Å². The number of pyridine rings is 1. The van der Waals surface area contributed by atoms with Gasteiger partial charge in [0.05, 0.1) is 18.5 Å². The Morgan fingerprint density at radius 1 is 1.15 bits per heavy atom. The predicted octanol–water partition coefficient (Wildman–Crippen LogP) is 2.21. The van der Waals surface area contributed by atoms with Crippen molar-refractivity contribution >= 4 is 11.3 Å². The number of morpholine rings is 1. The number of nitrogens with two attached hydrogens (primary N) is 1. The van der Waals surface area contributed by atoms with Crippen LogP contribution in [0.1, 0.15) is 34.4 Å². The third-order valence-electron chi connectivity index (χ3n) is 4.72. The van der Waals surface area contributed by atoms with Crippen LogP contribution in [0.15, 0.2) is 24.4 Å². The van der Waals surface area contributed by atoms with Crippen LogP contribution in [0.25, 0.3) is 5.65 Å². The van der Waals surface area contributed by atoms with Crippen LogP contribution in [-0.4, -0.2) is 44.2 Å². The van der Waals surface area contributed by atoms with E-state index in [1.807, 2.05) is 42.8 Å². The van der Waals surface area contributed by atoms with Crippen molar-refractivity contribution in [2.75, 3.05) is 25.4 Å². The first-order chi connectivity index (χ1) is 12.5. The molecule has 0 saturated carbocycles. The second-order valence-corrected chi connectivity index (χ2v) is 7.01. The van der Waals surface area contributed by atoms with Gasteiger partial charge in [-0.05, 0) is 39.0 Å². The maximum atomic E-state index is 5.97. The third-order valence-corrected chi connectivity index (χ3v) is 4.72. The van der Waals surface area contributed by atoms with Crippen LogP contribution in [0.4, 0.5) is 5.69 Å². The minimum Gasteiger partial charge on any atom is -0.399 e. The minimum atomic E-state index is -0.0655. The largest absolute Gasteiger partial charge is 0.399 e. The highest BCUT2D eigenvalue weighted by molar-refractivity contribution is 5.48. The van der Waals surface area contributed by atoms with Gasteiger partial charge < -0.3 is 10.5 Å². The monoisotopic (exact) mass is 352 g/mol. The van der Waals surface area contributed by atoms with E-state index in [1.54, 1.807) is 0 Å². The lowest BCUT2D eigenvalue weighted by atomic mass is 10.1. The van der Waals surface area contributed by atoms with Crippen molar-refractivity contribution < 1.29 is 4.74 Å². The zero-order chi connectivity index (χ0) is 18.3. The summed E-state index contributed by atoms with van der Waals surface area (Å²) >= 11 is 0. The van der Waals surface area contributed by atoms with Crippen LogP contribution in [0.3, 0.4) is 0 Å². The quantitative estimate of drug-likeness (QED) is 0.778. The Balaban J connectivity index is 1.56. The number of ether oxygens (including phenoxy) is 1. The van der Waals surface area contributed by atoms with Crippen molar-refractivity contribution in [2.45, 2.75) is 33.4 Å². The molecule has 1 saturated heterocycles. The number of hydrogen-bond acceptors (Lipinski definition) is 6. The standard InChI is InChI=1S/C19H24N6O/c1-12-6-14(3)25-19(23-12)15(9-21-25)10-24-4-5-26-18(11-24)17-8-16(20)7-13(2)22-17/h6-9,18H,4-5,10-11H2,1-3H3,(H2,20,22). The second-order valence-electron chi connectivity index (χ2n) is 7.01. The number of rotatable bonds is 3. The van der Waals surface area contributed by atoms with E-state index in [9.17, 15) is 0 Å². The van der Waals surface area contributed by atoms with E-state index in [2.05, 4.69) is 26.9 Å². The van der Waals surface area contributed by atoms with E-state index in [-0.39, 0.29) is 6.10 Å². The molecule has 7 heteroatoms. The Morgan fingerprint density at radius 2 is 1.96 bits per heavy atom. The molecule has 3 aromatic heterocycles. The Bertz CT molecular complexity index is 930. The van der Waals surface area contributed by atoms with E-state index < -0.39 is 0 Å². The Kier molecular flexibility index (Phi) is 4.34. The maximum absolute atomic E-state index is 5.97. The summed E-state index contributed by atoms with van der Waals surface area (Å²) in [4.78, 5) is 11.6. The number of nitrogen functional groups attached to an aromatic ring is 1. The van der Waals surface area contributed by atoms with Gasteiger partial charge in [-0.1, -0.05) is 0 Å². The lowest BCUT2D eigenvalue weighted by Crippen LogP contribution is -2.38. The molecular weight excluding hydrogens is 328 g/mol. The van der Waals surface area contributed by atoms with Gasteiger partial charge in [0.25, 0.3) is 0 Å². The molecule has 0 aliphatic carbocycles. The van der Waals surface area contributed by atoms with Crippen LogP contribution in [-0.2, 0) is 11.3 Å². The fraction of sp³-hybridized carbons (Fsp3) is 0.421. The van der Waals surface area contributed by atoms with E-state index in [1.165, 1.54) is 0 Å². The van der Waals surface area contributed by atoms with Gasteiger partial charge in [-0.15, -0.1) is 0 Å². The molecule has 1 fully saturated rings. The fourth-order valence-corrected chi connectivity index (χ4v) is 3.58. The SMILES string of the molecule is Cc1cc(N)cc(C2CN(Cc3cnn4c(C)cc(C)nc34)CCO2)n1. The molecule has 2 N–H and O–H groups in total. The average molecular weight is 352 g/mol. The normalized spacial score (nSPS) is 18.5. The summed E-state index contributed by atoms with van der Waals surface area (Å²) in [6, 6.07) is 5.83. The first-order valence-corrected chi connectivity index (χ1v) is 8.88. The summed E-state index contributed by atoms with van der Waals surface area (Å²) in [5.41, 5.74) is 12.7. The lowest BCUT2D eigenvalue weighted by molar-refractivity contribution is -0.0349. The van der Waals surface area contributed by atoms with Crippen molar-refractivity contribution in [3.63, 3.8) is 0 Å². The first kappa shape index (κ1) is 16.9. The van der Waals surface area contributed by atoms with Gasteiger partial charge in [0.15, 0.2) is 5.65 Å². The number of aryl methyl sites for hydroxylation is 3. The highest BCUT2D eigenvalue weighted by atomic mass is 16.5. The number of fused-ring (bicyclic) bond motifs is 1. The molecule has 1 unspecified atom stereocenters. The van der Waals surface area contributed by atoms with Crippen LogP contribution in [0, 0.1) is 20.8 Å². The van der Waals surface area contributed by atoms with E-state index in [0.29, 0.717) is 6.61 Å². The molecule has 4 heterocycles. The molecule has 3 aromatic rings. The predicted molar refractivity (Wildman–Crippen MR) is 99.8 cm³/mol. The smallest absolute Gasteiger partial charge is 0.159 e. The van der Waals surface area contributed by atoms with E-state index >= 15 is 0 Å². The minimum absolute atomic E-state index is 0.0655. The van der Waals surface area contributed by atoms with Gasteiger partial charge in [0, 0.05) is 48.0 Å². The molecular formula is C19H24N6O. The van der Waals surface area contributed by atoms with Gasteiger partial charge in [0.2, 0.25) is 0 Å². The highest BCUT2D eigenvalue weighted by Crippen LogP contribution is 2.24. The Hall–Kier alpha value is -2.51. The average Bonchev–Trinajstić information content (AvgIpc) is 2.97. The topological polar surface area (TPSA) is 81.6 Å². The number of anilines is 1. The highest BCUT2D eigenvalue weighted by Gasteiger charge is 2.24. The van der Waals surface area contributed by atoms with Crippen molar-refractivity contribution in [3.8, 4) is 0 Å². The molecule has 136 valence electrons. The van der Waals surface area contributed by atoms with Crippen LogP contribution < -0.4 is 5.73 Å². The summed E-state index contributed by atoms with van der Waals surface area (Å²) in [5, 5.41) is 4.49. The Morgan fingerprint density at radius 3 is 2.77 bits per heavy atom. The molecule has 0 spiro atoms. The van der Waals surface area contributed by atoms with Crippen LogP contribution >= 0.6 is 0 Å². The van der Waals surface area contributed by atoms with Crippen molar-refractivity contribution in [1.82, 2.24) is 24.5 Å². The number of hydrogen-bond donors (Lipinski definition) is 1. The van der Waals surface area contributed by atoms with Crippen LogP contribution in [0.2, 0.25) is 0 Å². The summed E-state index contributed by atoms with van der Waals surface area (Å²) in [5.74, 6) is 0. The Labute approximate surface area is 152 Å². The van der Waals surface area contributed by atoms with Crippen molar-refractivity contribution in [3.05, 3.63) is 52.7 Å². The molecule has 1 atom stereocenters. The van der Waals surface area contributed by atoms with E-state index in [0.717, 1.165) is 59.3 Å². The van der Waals surface area contributed by atoms with Gasteiger partial charge in [-0.3, -0.25) is 9.88 Å². The zero-order valence-electron chi connectivity index (χ0n) is 15.4. The molecule has 26 heavy (non-hydrogen) atoms. The summed E-state index contributed by atoms with van der Waals surface area (Å²) < 4.78 is 7.86. The lowest BCUT2D eigenvalue weighted by Gasteiger charge is -2.32. The van der Waals surface area contributed by atoms with Gasteiger partial charge in [-0.25, -0.2) is 9.50 Å². The van der Waals surface area contributed by atoms with Crippen molar-refractivity contribution in [1.29, 1.82) is 0 Å². The van der Waals surface area contributed by atoms with Gasteiger partial charge in [-0.2, -0.15) is 5.10 Å². The number of nitrogens with zero attached hydrogens (tertiary/aromatic N) is 5. The molecule has 1 aliphatic rings. The van der Waals surface area contributed by atoms with Gasteiger partial charge >= 0.3 is 0 Å². The molecule has 0 aromatic carbocycles. The molecule has 7 nitrogen and oxygen atoms in total. The molecule has 0 amide bonds. The molecule has 4 rings (SSSR count). The third kappa shape index (κ3) is 3.27. The summed E-state index contributed by atoms with van der Waals surface area (Å²) in [6.45, 7) is 9.14. The molecule has 0 bridgehead atoms. The molecule has 1 aliphatic heterocycles. The first-order valence-electron chi connectivity index (χ1n) is 8.88. The summed E-state index contributed by atoms with van der Waals surface area (Å²) in [6.07, 6.45) is 1.85. The zero-order valence-corrected chi connectivity index (χ0v) is 15.4. The maximum Gasteiger partial charge on any atom is 0.159 e. The van der Waals surface area contributed by atoms with Crippen LogP contribution in [0.5, 0.6) is 0 Å². The number of aromatic nitrogens is 4. The fourth-order valence-electron chi connectivity index (χ4n) is 3.58. The van der Waals surface area contributed by atoms with Gasteiger partial charge in [0.1, 0.15) is 6.10 Å². The van der Waals surface area contributed by atoms with E-state index in [4.69, 9.17) is 10.5 Å². The second kappa shape index (κ2) is 6.66.